The van der Waals surface area contributed by atoms with Crippen LogP contribution < -0.4 is 5.32 Å². The van der Waals surface area contributed by atoms with Crippen LogP contribution >= 0.6 is 0 Å². The average Bonchev–Trinajstić information content (AvgIpc) is 3.29. The Labute approximate surface area is 182 Å². The van der Waals surface area contributed by atoms with E-state index in [1.165, 1.54) is 0 Å². The lowest BCUT2D eigenvalue weighted by atomic mass is 10.0. The smallest absolute Gasteiger partial charge is 0.253 e. The van der Waals surface area contributed by atoms with Crippen molar-refractivity contribution < 1.29 is 9.21 Å². The number of aryl methyl sites for hydroxylation is 1. The molecule has 0 bridgehead atoms. The number of pyridine rings is 1. The maximum absolute atomic E-state index is 12.8. The summed E-state index contributed by atoms with van der Waals surface area (Å²) in [4.78, 5) is 19.2. The summed E-state index contributed by atoms with van der Waals surface area (Å²) in [6.07, 6.45) is 4.86. The molecule has 0 fully saturated rings. The Balaban J connectivity index is 1.50. The first-order valence-corrected chi connectivity index (χ1v) is 10.9. The molecule has 8 heteroatoms. The molecule has 0 aromatic carbocycles. The minimum Gasteiger partial charge on any atom is -0.465 e. The van der Waals surface area contributed by atoms with E-state index >= 15 is 0 Å². The number of nitrogens with one attached hydrogen (secondary N) is 1. The van der Waals surface area contributed by atoms with Gasteiger partial charge in [0.1, 0.15) is 17.3 Å². The monoisotopic (exact) mass is 422 g/mol. The van der Waals surface area contributed by atoms with Crippen molar-refractivity contribution in [2.24, 2.45) is 5.92 Å². The highest BCUT2D eigenvalue weighted by molar-refractivity contribution is 5.94. The number of carbonyl (C=O) groups excluding carboxylic acids is 1. The predicted molar refractivity (Wildman–Crippen MR) is 116 cm³/mol. The van der Waals surface area contributed by atoms with Crippen molar-refractivity contribution in [2.75, 3.05) is 13.1 Å². The van der Waals surface area contributed by atoms with Gasteiger partial charge in [0.2, 0.25) is 0 Å². The highest BCUT2D eigenvalue weighted by Gasteiger charge is 2.26. The molecule has 0 saturated heterocycles. The third-order valence-corrected chi connectivity index (χ3v) is 5.57. The van der Waals surface area contributed by atoms with Gasteiger partial charge in [0.05, 0.1) is 18.2 Å². The molecule has 0 saturated carbocycles. The molecule has 1 atom stereocenters. The van der Waals surface area contributed by atoms with Gasteiger partial charge in [-0.1, -0.05) is 13.8 Å². The number of fused-ring (bicyclic) bond motifs is 1. The average molecular weight is 423 g/mol. The Hall–Kier alpha value is -3.00. The molecule has 1 aliphatic rings. The number of carbonyl (C=O) groups is 1. The van der Waals surface area contributed by atoms with Crippen LogP contribution in [-0.2, 0) is 19.5 Å². The molecule has 1 amide bonds. The topological polar surface area (TPSA) is 89.1 Å². The summed E-state index contributed by atoms with van der Waals surface area (Å²) in [7, 11) is 0. The van der Waals surface area contributed by atoms with Crippen LogP contribution in [0, 0.1) is 12.8 Å². The SMILES string of the molecule is Cc1ccc(CN2CCc3nnc(C(CC(C)C)NC(=O)c4cccnc4)n3CC2)o1. The molecule has 0 spiro atoms. The summed E-state index contributed by atoms with van der Waals surface area (Å²) in [6.45, 7) is 9.61. The second-order valence-corrected chi connectivity index (χ2v) is 8.56. The fourth-order valence-electron chi connectivity index (χ4n) is 4.03. The Morgan fingerprint density at radius 2 is 2.06 bits per heavy atom. The molecular formula is C23H30N6O2. The number of hydrogen-bond acceptors (Lipinski definition) is 6. The van der Waals surface area contributed by atoms with E-state index in [-0.39, 0.29) is 11.9 Å². The highest BCUT2D eigenvalue weighted by Crippen LogP contribution is 2.23. The van der Waals surface area contributed by atoms with Crippen LogP contribution in [0.1, 0.15) is 59.8 Å². The first kappa shape index (κ1) is 21.2. The third kappa shape index (κ3) is 5.19. The van der Waals surface area contributed by atoms with Gasteiger partial charge in [0, 0.05) is 38.4 Å². The summed E-state index contributed by atoms with van der Waals surface area (Å²) in [6, 6.07) is 7.38. The van der Waals surface area contributed by atoms with Gasteiger partial charge in [-0.05, 0) is 43.5 Å². The number of rotatable bonds is 7. The molecule has 1 aliphatic heterocycles. The summed E-state index contributed by atoms with van der Waals surface area (Å²) in [5.74, 6) is 3.98. The van der Waals surface area contributed by atoms with Crippen LogP contribution in [0.4, 0.5) is 0 Å². The normalized spacial score (nSPS) is 15.5. The summed E-state index contributed by atoms with van der Waals surface area (Å²) < 4.78 is 7.93. The molecule has 0 aliphatic carbocycles. The minimum atomic E-state index is -0.201. The van der Waals surface area contributed by atoms with Crippen LogP contribution in [0.2, 0.25) is 0 Å². The second kappa shape index (κ2) is 9.43. The molecule has 4 rings (SSSR count). The van der Waals surface area contributed by atoms with Crippen LogP contribution in [-0.4, -0.2) is 43.6 Å². The molecule has 3 aromatic heterocycles. The van der Waals surface area contributed by atoms with Crippen molar-refractivity contribution in [1.82, 2.24) is 30.0 Å². The van der Waals surface area contributed by atoms with E-state index in [0.29, 0.717) is 11.5 Å². The van der Waals surface area contributed by atoms with E-state index < -0.39 is 0 Å². The van der Waals surface area contributed by atoms with E-state index in [4.69, 9.17) is 4.42 Å². The lowest BCUT2D eigenvalue weighted by Crippen LogP contribution is -2.32. The van der Waals surface area contributed by atoms with Crippen LogP contribution in [0.15, 0.2) is 41.1 Å². The largest absolute Gasteiger partial charge is 0.465 e. The lowest BCUT2D eigenvalue weighted by molar-refractivity contribution is 0.0928. The van der Waals surface area contributed by atoms with Gasteiger partial charge in [-0.2, -0.15) is 0 Å². The minimum absolute atomic E-state index is 0.139. The quantitative estimate of drug-likeness (QED) is 0.629. The zero-order valence-electron chi connectivity index (χ0n) is 18.4. The first-order chi connectivity index (χ1) is 15.0. The number of amides is 1. The van der Waals surface area contributed by atoms with Gasteiger partial charge in [-0.15, -0.1) is 10.2 Å². The van der Waals surface area contributed by atoms with Crippen molar-refractivity contribution >= 4 is 5.91 Å². The molecule has 0 radical (unpaired) electrons. The zero-order chi connectivity index (χ0) is 21.8. The van der Waals surface area contributed by atoms with Crippen molar-refractivity contribution in [3.63, 3.8) is 0 Å². The van der Waals surface area contributed by atoms with E-state index in [9.17, 15) is 4.79 Å². The molecule has 1 unspecified atom stereocenters. The van der Waals surface area contributed by atoms with Gasteiger partial charge >= 0.3 is 0 Å². The number of hydrogen-bond donors (Lipinski definition) is 1. The van der Waals surface area contributed by atoms with Crippen LogP contribution in [0.3, 0.4) is 0 Å². The molecular weight excluding hydrogens is 392 g/mol. The van der Waals surface area contributed by atoms with Crippen molar-refractivity contribution in [1.29, 1.82) is 0 Å². The Kier molecular flexibility index (Phi) is 6.46. The fraction of sp³-hybridized carbons (Fsp3) is 0.478. The molecule has 164 valence electrons. The van der Waals surface area contributed by atoms with Crippen molar-refractivity contribution in [2.45, 2.75) is 52.7 Å². The standard InChI is InChI=1S/C23H30N6O2/c1-16(2)13-20(25-23(30)18-5-4-9-24-14-18)22-27-26-21-8-10-28(11-12-29(21)22)15-19-7-6-17(3)31-19/h4-7,9,14,16,20H,8,10-13,15H2,1-3H3,(H,25,30). The van der Waals surface area contributed by atoms with Gasteiger partial charge in [0.25, 0.3) is 5.91 Å². The van der Waals surface area contributed by atoms with Gasteiger partial charge < -0.3 is 14.3 Å². The summed E-state index contributed by atoms with van der Waals surface area (Å²) in [5, 5.41) is 12.1. The Bertz CT molecular complexity index is 1010. The number of aromatic nitrogens is 4. The third-order valence-electron chi connectivity index (χ3n) is 5.57. The molecule has 4 heterocycles. The molecule has 1 N–H and O–H groups in total. The lowest BCUT2D eigenvalue weighted by Gasteiger charge is -2.22. The first-order valence-electron chi connectivity index (χ1n) is 10.9. The predicted octanol–water partition coefficient (Wildman–Crippen LogP) is 3.15. The number of nitrogens with zero attached hydrogens (tertiary/aromatic N) is 5. The Morgan fingerprint density at radius 1 is 1.19 bits per heavy atom. The van der Waals surface area contributed by atoms with E-state index in [2.05, 4.69) is 43.8 Å². The second-order valence-electron chi connectivity index (χ2n) is 8.56. The van der Waals surface area contributed by atoms with Crippen LogP contribution in [0.5, 0.6) is 0 Å². The maximum Gasteiger partial charge on any atom is 0.253 e. The van der Waals surface area contributed by atoms with Gasteiger partial charge in [-0.3, -0.25) is 14.7 Å². The summed E-state index contributed by atoms with van der Waals surface area (Å²) in [5.41, 5.74) is 0.548. The van der Waals surface area contributed by atoms with E-state index in [1.54, 1.807) is 24.5 Å². The van der Waals surface area contributed by atoms with Crippen molar-refractivity contribution in [3.8, 4) is 0 Å². The maximum atomic E-state index is 12.8. The highest BCUT2D eigenvalue weighted by atomic mass is 16.3. The zero-order valence-corrected chi connectivity index (χ0v) is 18.4. The van der Waals surface area contributed by atoms with Crippen LogP contribution in [0.25, 0.3) is 0 Å². The molecule has 3 aromatic rings. The van der Waals surface area contributed by atoms with Gasteiger partial charge in [-0.25, -0.2) is 0 Å². The van der Waals surface area contributed by atoms with Crippen molar-refractivity contribution in [3.05, 3.63) is 65.4 Å². The molecule has 31 heavy (non-hydrogen) atoms. The molecule has 8 nitrogen and oxygen atoms in total. The van der Waals surface area contributed by atoms with Gasteiger partial charge in [0.15, 0.2) is 5.82 Å². The van der Waals surface area contributed by atoms with E-state index in [1.807, 2.05) is 19.1 Å². The summed E-state index contributed by atoms with van der Waals surface area (Å²) >= 11 is 0. The fourth-order valence-corrected chi connectivity index (χ4v) is 4.03. The van der Waals surface area contributed by atoms with E-state index in [0.717, 1.165) is 62.2 Å². The number of furan rings is 1. The Morgan fingerprint density at radius 3 is 2.77 bits per heavy atom.